The van der Waals surface area contributed by atoms with Gasteiger partial charge in [0, 0.05) is 20.6 Å². The summed E-state index contributed by atoms with van der Waals surface area (Å²) in [6.45, 7) is 6.03. The van der Waals surface area contributed by atoms with E-state index in [1.807, 2.05) is 25.1 Å². The second-order valence-electron chi connectivity index (χ2n) is 6.12. The maximum absolute atomic E-state index is 5.40. The van der Waals surface area contributed by atoms with Gasteiger partial charge in [-0.15, -0.1) is 0 Å². The van der Waals surface area contributed by atoms with Crippen molar-refractivity contribution in [3.8, 4) is 5.75 Å². The molecule has 1 aromatic rings. The quantitative estimate of drug-likeness (QED) is 0.646. The monoisotopic (exact) mass is 318 g/mol. The summed E-state index contributed by atoms with van der Waals surface area (Å²) in [5.74, 6) is 1.86. The van der Waals surface area contributed by atoms with Gasteiger partial charge in [-0.2, -0.15) is 0 Å². The lowest BCUT2D eigenvalue weighted by Crippen LogP contribution is -2.37. The van der Waals surface area contributed by atoms with Gasteiger partial charge in [0.15, 0.2) is 5.96 Å². The number of nitrogens with one attached hydrogen (secondary N) is 1. The van der Waals surface area contributed by atoms with Crippen LogP contribution in [-0.2, 0) is 0 Å². The summed E-state index contributed by atoms with van der Waals surface area (Å²) in [5.41, 5.74) is 1.28. The topological polar surface area (TPSA) is 40.1 Å². The van der Waals surface area contributed by atoms with Crippen LogP contribution >= 0.6 is 0 Å². The molecular formula is C18H30N4O. The Kier molecular flexibility index (Phi) is 6.71. The number of hydrogen-bond acceptors (Lipinski definition) is 3. The molecule has 1 aromatic carbocycles. The van der Waals surface area contributed by atoms with E-state index in [4.69, 9.17) is 9.73 Å². The molecule has 1 atom stereocenters. The fraction of sp³-hybridized carbons (Fsp3) is 0.611. The first kappa shape index (κ1) is 17.6. The molecule has 1 unspecified atom stereocenters. The van der Waals surface area contributed by atoms with E-state index in [1.165, 1.54) is 18.4 Å². The molecule has 0 aromatic heterocycles. The van der Waals surface area contributed by atoms with E-state index in [-0.39, 0.29) is 0 Å². The first-order valence-corrected chi connectivity index (χ1v) is 8.49. The van der Waals surface area contributed by atoms with E-state index in [0.717, 1.165) is 37.9 Å². The van der Waals surface area contributed by atoms with Gasteiger partial charge in [-0.05, 0) is 50.6 Å². The van der Waals surface area contributed by atoms with Crippen molar-refractivity contribution in [1.82, 2.24) is 15.1 Å². The van der Waals surface area contributed by atoms with E-state index < -0.39 is 0 Å². The largest absolute Gasteiger partial charge is 0.497 e. The number of likely N-dealkylation sites (tertiary alicyclic amines) is 1. The molecule has 1 fully saturated rings. The zero-order valence-corrected chi connectivity index (χ0v) is 14.9. The Morgan fingerprint density at radius 1 is 1.35 bits per heavy atom. The number of rotatable bonds is 6. The first-order valence-electron chi connectivity index (χ1n) is 8.49. The van der Waals surface area contributed by atoms with Crippen molar-refractivity contribution in [3.05, 3.63) is 29.8 Å². The van der Waals surface area contributed by atoms with Crippen LogP contribution in [0.25, 0.3) is 0 Å². The summed E-state index contributed by atoms with van der Waals surface area (Å²) in [6.07, 6.45) is 2.55. The van der Waals surface area contributed by atoms with Crippen molar-refractivity contribution in [3.63, 3.8) is 0 Å². The van der Waals surface area contributed by atoms with E-state index in [9.17, 15) is 0 Å². The third kappa shape index (κ3) is 4.86. The van der Waals surface area contributed by atoms with Gasteiger partial charge in [-0.25, -0.2) is 0 Å². The molecule has 0 saturated carbocycles. The minimum atomic E-state index is 0.307. The number of hydrogen-bond donors (Lipinski definition) is 1. The Labute approximate surface area is 140 Å². The lowest BCUT2D eigenvalue weighted by atomic mass is 10.1. The van der Waals surface area contributed by atoms with E-state index in [0.29, 0.717) is 6.04 Å². The lowest BCUT2D eigenvalue weighted by Gasteiger charge is -2.27. The molecule has 1 saturated heterocycles. The fourth-order valence-corrected chi connectivity index (χ4v) is 3.02. The Bertz CT molecular complexity index is 509. The van der Waals surface area contributed by atoms with Crippen LogP contribution < -0.4 is 10.1 Å². The maximum Gasteiger partial charge on any atom is 0.193 e. The molecule has 0 bridgehead atoms. The molecule has 1 heterocycles. The van der Waals surface area contributed by atoms with Crippen LogP contribution in [0.3, 0.4) is 0 Å². The standard InChI is InChI=1S/C18H30N4O/c1-5-19-18(21(2)3)20-14-17(22-11-6-7-12-22)15-9-8-10-16(13-15)23-4/h8-10,13,17H,5-7,11-12,14H2,1-4H3,(H,19,20). The third-order valence-corrected chi connectivity index (χ3v) is 4.23. The average molecular weight is 318 g/mol. The Balaban J connectivity index is 2.21. The number of guanidine groups is 1. The zero-order valence-electron chi connectivity index (χ0n) is 14.9. The minimum Gasteiger partial charge on any atom is -0.497 e. The Morgan fingerprint density at radius 2 is 2.09 bits per heavy atom. The van der Waals surface area contributed by atoms with Crippen LogP contribution in [0.5, 0.6) is 5.75 Å². The highest BCUT2D eigenvalue weighted by molar-refractivity contribution is 5.79. The second kappa shape index (κ2) is 8.77. The van der Waals surface area contributed by atoms with Crippen molar-refractivity contribution >= 4 is 5.96 Å². The minimum absolute atomic E-state index is 0.307. The number of aliphatic imine (C=N–C) groups is 1. The van der Waals surface area contributed by atoms with Gasteiger partial charge in [-0.3, -0.25) is 9.89 Å². The van der Waals surface area contributed by atoms with E-state index >= 15 is 0 Å². The van der Waals surface area contributed by atoms with Crippen molar-refractivity contribution in [2.24, 2.45) is 4.99 Å². The Hall–Kier alpha value is -1.75. The van der Waals surface area contributed by atoms with Crippen LogP contribution in [-0.4, -0.2) is 63.1 Å². The van der Waals surface area contributed by atoms with Crippen molar-refractivity contribution in [2.45, 2.75) is 25.8 Å². The van der Waals surface area contributed by atoms with Crippen LogP contribution in [0, 0.1) is 0 Å². The number of benzene rings is 1. The molecule has 1 aliphatic rings. The summed E-state index contributed by atoms with van der Waals surface area (Å²) in [4.78, 5) is 9.42. The van der Waals surface area contributed by atoms with Crippen LogP contribution in [0.1, 0.15) is 31.4 Å². The molecule has 1 N–H and O–H groups in total. The lowest BCUT2D eigenvalue weighted by molar-refractivity contribution is 0.250. The molecule has 5 heteroatoms. The average Bonchev–Trinajstić information content (AvgIpc) is 3.08. The highest BCUT2D eigenvalue weighted by Crippen LogP contribution is 2.27. The van der Waals surface area contributed by atoms with Crippen molar-refractivity contribution < 1.29 is 4.74 Å². The van der Waals surface area contributed by atoms with Crippen LogP contribution in [0.2, 0.25) is 0 Å². The molecule has 23 heavy (non-hydrogen) atoms. The molecule has 128 valence electrons. The van der Waals surface area contributed by atoms with Gasteiger partial charge in [0.2, 0.25) is 0 Å². The van der Waals surface area contributed by atoms with Gasteiger partial charge in [0.25, 0.3) is 0 Å². The van der Waals surface area contributed by atoms with Gasteiger partial charge in [0.05, 0.1) is 19.7 Å². The van der Waals surface area contributed by atoms with E-state index in [1.54, 1.807) is 7.11 Å². The Morgan fingerprint density at radius 3 is 2.70 bits per heavy atom. The molecule has 1 aliphatic heterocycles. The predicted molar refractivity (Wildman–Crippen MR) is 96.2 cm³/mol. The fourth-order valence-electron chi connectivity index (χ4n) is 3.02. The van der Waals surface area contributed by atoms with Gasteiger partial charge < -0.3 is 15.0 Å². The van der Waals surface area contributed by atoms with E-state index in [2.05, 4.69) is 35.3 Å². The van der Waals surface area contributed by atoms with Gasteiger partial charge in [0.1, 0.15) is 5.75 Å². The zero-order chi connectivity index (χ0) is 16.7. The van der Waals surface area contributed by atoms with Crippen LogP contribution in [0.4, 0.5) is 0 Å². The molecule has 5 nitrogen and oxygen atoms in total. The molecule has 2 rings (SSSR count). The predicted octanol–water partition coefficient (Wildman–Crippen LogP) is 2.36. The normalized spacial score (nSPS) is 17.1. The maximum atomic E-state index is 5.40. The number of ether oxygens (including phenoxy) is 1. The first-order chi connectivity index (χ1) is 11.2. The molecule has 0 amide bonds. The van der Waals surface area contributed by atoms with Crippen LogP contribution in [0.15, 0.2) is 29.3 Å². The molecule has 0 radical (unpaired) electrons. The summed E-state index contributed by atoms with van der Waals surface area (Å²) < 4.78 is 5.40. The summed E-state index contributed by atoms with van der Waals surface area (Å²) in [7, 11) is 5.77. The molecule has 0 spiro atoms. The number of nitrogens with zero attached hydrogens (tertiary/aromatic N) is 3. The summed E-state index contributed by atoms with van der Waals surface area (Å²) >= 11 is 0. The highest BCUT2D eigenvalue weighted by atomic mass is 16.5. The number of methoxy groups -OCH3 is 1. The summed E-state index contributed by atoms with van der Waals surface area (Å²) in [5, 5.41) is 3.33. The highest BCUT2D eigenvalue weighted by Gasteiger charge is 2.23. The third-order valence-electron chi connectivity index (χ3n) is 4.23. The van der Waals surface area contributed by atoms with Gasteiger partial charge >= 0.3 is 0 Å². The summed E-state index contributed by atoms with van der Waals surface area (Å²) in [6, 6.07) is 8.70. The van der Waals surface area contributed by atoms with Gasteiger partial charge in [-0.1, -0.05) is 12.1 Å². The SMILES string of the molecule is CCNC(=NCC(c1cccc(OC)c1)N1CCCC1)N(C)C. The smallest absolute Gasteiger partial charge is 0.193 e. The van der Waals surface area contributed by atoms with Crippen molar-refractivity contribution in [2.75, 3.05) is 47.4 Å². The molecular weight excluding hydrogens is 288 g/mol. The second-order valence-corrected chi connectivity index (χ2v) is 6.12. The molecule has 0 aliphatic carbocycles. The van der Waals surface area contributed by atoms with Crippen molar-refractivity contribution in [1.29, 1.82) is 0 Å².